The molecule has 13 nitrogen and oxygen atoms in total. The summed E-state index contributed by atoms with van der Waals surface area (Å²) >= 11 is 0. The van der Waals surface area contributed by atoms with Crippen molar-refractivity contribution in [3.05, 3.63) is 65.7 Å². The molecule has 0 bridgehead atoms. The van der Waals surface area contributed by atoms with E-state index in [-0.39, 0.29) is 43.9 Å². The second kappa shape index (κ2) is 19.2. The third kappa shape index (κ3) is 14.4. The van der Waals surface area contributed by atoms with E-state index in [2.05, 4.69) is 16.0 Å². The van der Waals surface area contributed by atoms with Gasteiger partial charge in [0.05, 0.1) is 0 Å². The molecular weight excluding hydrogens is 616 g/mol. The maximum absolute atomic E-state index is 13.5. The smallest absolute Gasteiger partial charge is 0.408 e. The van der Waals surface area contributed by atoms with Crippen LogP contribution in [0.2, 0.25) is 0 Å². The number of carbonyl (C=O) groups is 5. The van der Waals surface area contributed by atoms with Crippen molar-refractivity contribution >= 4 is 35.6 Å². The summed E-state index contributed by atoms with van der Waals surface area (Å²) in [5.74, 6) is -1.16. The van der Waals surface area contributed by atoms with E-state index in [1.54, 1.807) is 27.8 Å². The highest BCUT2D eigenvalue weighted by atomic mass is 16.6. The number of likely N-dealkylation sites (N-methyl/N-ethyl adjacent to an activating group) is 2. The van der Waals surface area contributed by atoms with Crippen LogP contribution in [-0.2, 0) is 36.9 Å². The normalized spacial score (nSPS) is 12.5. The summed E-state index contributed by atoms with van der Waals surface area (Å²) in [7, 11) is 3.52. The average molecular weight is 669 g/mol. The Kier molecular flexibility index (Phi) is 15.8. The van der Waals surface area contributed by atoms with Gasteiger partial charge >= 0.3 is 18.1 Å². The molecule has 5 amide bonds. The van der Waals surface area contributed by atoms with Crippen LogP contribution in [0.5, 0.6) is 0 Å². The van der Waals surface area contributed by atoms with Gasteiger partial charge < -0.3 is 36.1 Å². The summed E-state index contributed by atoms with van der Waals surface area (Å²) < 4.78 is 10.8. The van der Waals surface area contributed by atoms with Gasteiger partial charge in [-0.1, -0.05) is 56.3 Å². The fourth-order valence-electron chi connectivity index (χ4n) is 4.95. The summed E-state index contributed by atoms with van der Waals surface area (Å²) in [5.41, 5.74) is 6.97. The quantitative estimate of drug-likeness (QED) is 0.147. The first-order valence-corrected chi connectivity index (χ1v) is 16.1. The van der Waals surface area contributed by atoms with Gasteiger partial charge in [0.2, 0.25) is 11.8 Å². The summed E-state index contributed by atoms with van der Waals surface area (Å²) in [6, 6.07) is 15.0. The molecule has 0 spiro atoms. The van der Waals surface area contributed by atoms with Crippen LogP contribution in [-0.4, -0.2) is 86.2 Å². The fraction of sp³-hybridized carbons (Fsp3) is 0.514. The number of urea groups is 1. The minimum atomic E-state index is -0.930. The molecule has 264 valence electrons. The van der Waals surface area contributed by atoms with E-state index in [1.807, 2.05) is 80.4 Å². The number of hydrogen-bond acceptors (Lipinski definition) is 8. The van der Waals surface area contributed by atoms with Crippen molar-refractivity contribution in [1.82, 2.24) is 20.9 Å². The van der Waals surface area contributed by atoms with Crippen LogP contribution >= 0.6 is 0 Å². The van der Waals surface area contributed by atoms with E-state index >= 15 is 0 Å². The van der Waals surface area contributed by atoms with Crippen molar-refractivity contribution in [2.45, 2.75) is 78.2 Å². The van der Waals surface area contributed by atoms with Gasteiger partial charge in [0.25, 0.3) is 0 Å². The van der Waals surface area contributed by atoms with Crippen molar-refractivity contribution in [2.24, 2.45) is 11.7 Å². The number of ether oxygens (including phenoxy) is 2. The number of rotatable bonds is 17. The van der Waals surface area contributed by atoms with Crippen molar-refractivity contribution in [1.29, 1.82) is 0 Å². The van der Waals surface area contributed by atoms with Gasteiger partial charge in [-0.3, -0.25) is 19.3 Å². The Hall–Kier alpha value is -4.65. The summed E-state index contributed by atoms with van der Waals surface area (Å²) in [5, 5.41) is 7.53. The van der Waals surface area contributed by atoms with E-state index in [0.29, 0.717) is 25.1 Å². The predicted octanol–water partition coefficient (Wildman–Crippen LogP) is 3.35. The van der Waals surface area contributed by atoms with Gasteiger partial charge in [0.1, 0.15) is 30.8 Å². The first-order chi connectivity index (χ1) is 22.6. The number of carbonyl (C=O) groups excluding carboxylic acids is 5. The number of anilines is 1. The summed E-state index contributed by atoms with van der Waals surface area (Å²) in [4.78, 5) is 65.6. The molecule has 1 unspecified atom stereocenters. The maximum atomic E-state index is 13.5. The molecule has 48 heavy (non-hydrogen) atoms. The van der Waals surface area contributed by atoms with Gasteiger partial charge in [-0.05, 0) is 76.3 Å². The van der Waals surface area contributed by atoms with E-state index in [4.69, 9.17) is 15.2 Å². The molecule has 5 N–H and O–H groups in total. The molecule has 0 aromatic heterocycles. The number of hydrogen-bond donors (Lipinski definition) is 4. The van der Waals surface area contributed by atoms with Gasteiger partial charge in [-0.15, -0.1) is 0 Å². The standard InChI is InChI=1S/C35H52N6O7/c1-24(2)30(32(44)47-23-26-12-9-8-10-13-26)40(6)21-19-25-15-17-27(18-16-25)41(7)31(43)28(14-11-20-37-33(36)45)39-29(42)22-38-34(46)48-35(3,4)5/h8-10,12-13,15-18,24,28,30H,11,14,19-23H2,1-7H3,(H,38,46)(H,39,42)(H3,36,37,45)/t28-,30?/m0/s1. The lowest BCUT2D eigenvalue weighted by molar-refractivity contribution is -0.152. The number of nitrogens with zero attached hydrogens (tertiary/aromatic N) is 2. The molecule has 0 aliphatic carbocycles. The first kappa shape index (κ1) is 39.5. The zero-order chi connectivity index (χ0) is 35.9. The largest absolute Gasteiger partial charge is 0.460 e. The molecule has 0 aliphatic heterocycles. The van der Waals surface area contributed by atoms with Gasteiger partial charge in [-0.2, -0.15) is 0 Å². The minimum Gasteiger partial charge on any atom is -0.460 e. The van der Waals surface area contributed by atoms with Crippen LogP contribution in [0.15, 0.2) is 54.6 Å². The number of alkyl carbamates (subject to hydrolysis) is 1. The molecule has 2 aromatic carbocycles. The molecule has 0 heterocycles. The molecule has 0 saturated heterocycles. The Bertz CT molecular complexity index is 1350. The van der Waals surface area contributed by atoms with Crippen LogP contribution in [0.1, 0.15) is 58.6 Å². The lowest BCUT2D eigenvalue weighted by Crippen LogP contribution is -2.50. The second-order valence-corrected chi connectivity index (χ2v) is 13.0. The number of nitrogens with one attached hydrogen (secondary N) is 3. The Balaban J connectivity index is 2.00. The highest BCUT2D eigenvalue weighted by Crippen LogP contribution is 2.18. The number of nitrogens with two attached hydrogens (primary N) is 1. The Morgan fingerprint density at radius 3 is 2.12 bits per heavy atom. The van der Waals surface area contributed by atoms with Crippen LogP contribution in [0.3, 0.4) is 0 Å². The monoisotopic (exact) mass is 668 g/mol. The Labute approximate surface area is 283 Å². The molecule has 2 aromatic rings. The number of esters is 1. The predicted molar refractivity (Wildman–Crippen MR) is 184 cm³/mol. The molecular formula is C35H52N6O7. The third-order valence-corrected chi connectivity index (χ3v) is 7.37. The molecule has 0 saturated carbocycles. The number of benzene rings is 2. The van der Waals surface area contributed by atoms with Crippen molar-refractivity contribution in [3.8, 4) is 0 Å². The SMILES string of the molecule is CC(C)C(C(=O)OCc1ccccc1)N(C)CCc1ccc(N(C)C(=O)[C@H](CCCNC(N)=O)NC(=O)CNC(=O)OC(C)(C)C)cc1. The van der Waals surface area contributed by atoms with Crippen LogP contribution < -0.4 is 26.6 Å². The zero-order valence-corrected chi connectivity index (χ0v) is 29.2. The lowest BCUT2D eigenvalue weighted by Gasteiger charge is -2.29. The van der Waals surface area contributed by atoms with Crippen LogP contribution in [0.4, 0.5) is 15.3 Å². The zero-order valence-electron chi connectivity index (χ0n) is 29.2. The van der Waals surface area contributed by atoms with Crippen molar-refractivity contribution < 1.29 is 33.4 Å². The topological polar surface area (TPSA) is 172 Å². The van der Waals surface area contributed by atoms with E-state index in [0.717, 1.165) is 11.1 Å². The molecule has 13 heteroatoms. The highest BCUT2D eigenvalue weighted by Gasteiger charge is 2.28. The van der Waals surface area contributed by atoms with Gasteiger partial charge in [0, 0.05) is 25.8 Å². The minimum absolute atomic E-state index is 0.0495. The first-order valence-electron chi connectivity index (χ1n) is 16.1. The summed E-state index contributed by atoms with van der Waals surface area (Å²) in [6.45, 7) is 9.78. The van der Waals surface area contributed by atoms with Gasteiger partial charge in [0.15, 0.2) is 0 Å². The maximum Gasteiger partial charge on any atom is 0.408 e. The van der Waals surface area contributed by atoms with Gasteiger partial charge in [-0.25, -0.2) is 9.59 Å². The molecule has 0 fully saturated rings. The summed E-state index contributed by atoms with van der Waals surface area (Å²) in [6.07, 6.45) is 0.505. The highest BCUT2D eigenvalue weighted by molar-refractivity contribution is 5.99. The fourth-order valence-corrected chi connectivity index (χ4v) is 4.95. The average Bonchev–Trinajstić information content (AvgIpc) is 3.02. The van der Waals surface area contributed by atoms with Crippen molar-refractivity contribution in [2.75, 3.05) is 38.6 Å². The Morgan fingerprint density at radius 2 is 1.54 bits per heavy atom. The van der Waals surface area contributed by atoms with E-state index < -0.39 is 35.7 Å². The second-order valence-electron chi connectivity index (χ2n) is 13.0. The molecule has 0 aliphatic rings. The molecule has 2 rings (SSSR count). The Morgan fingerprint density at radius 1 is 0.896 bits per heavy atom. The van der Waals surface area contributed by atoms with Crippen molar-refractivity contribution in [3.63, 3.8) is 0 Å². The van der Waals surface area contributed by atoms with E-state index in [1.165, 1.54) is 4.90 Å². The lowest BCUT2D eigenvalue weighted by atomic mass is 10.0. The van der Waals surface area contributed by atoms with Crippen LogP contribution in [0, 0.1) is 5.92 Å². The van der Waals surface area contributed by atoms with E-state index in [9.17, 15) is 24.0 Å². The number of primary amides is 1. The third-order valence-electron chi connectivity index (χ3n) is 7.37. The molecule has 0 radical (unpaired) electrons. The molecule has 2 atom stereocenters. The number of amides is 5. The van der Waals surface area contributed by atoms with Crippen LogP contribution in [0.25, 0.3) is 0 Å².